The summed E-state index contributed by atoms with van der Waals surface area (Å²) < 4.78 is 5.41. The third kappa shape index (κ3) is 4.46. The van der Waals surface area contributed by atoms with Gasteiger partial charge in [-0.3, -0.25) is 4.79 Å². The predicted molar refractivity (Wildman–Crippen MR) is 122 cm³/mol. The normalized spacial score (nSPS) is 23.3. The highest BCUT2D eigenvalue weighted by atomic mass is 16.5. The highest BCUT2D eigenvalue weighted by molar-refractivity contribution is 6.01. The highest BCUT2D eigenvalue weighted by Crippen LogP contribution is 2.27. The average Bonchev–Trinajstić information content (AvgIpc) is 2.82. The zero-order chi connectivity index (χ0) is 21.9. The molecule has 0 radical (unpaired) electrons. The van der Waals surface area contributed by atoms with Crippen LogP contribution in [0.4, 0.5) is 23.3 Å². The van der Waals surface area contributed by atoms with Crippen LogP contribution in [0.1, 0.15) is 41.7 Å². The minimum absolute atomic E-state index is 0.0834. The van der Waals surface area contributed by atoms with Gasteiger partial charge in [-0.2, -0.15) is 4.98 Å². The Bertz CT molecular complexity index is 961. The SMILES string of the molecule is N[C@H]1CCCC[C@H]1Nc1nc2c(c(Nc3ccc(N4CCOCC4)nc3)n1)C(=O)NCC2. The number of carbonyl (C=O) groups is 1. The molecule has 2 aliphatic heterocycles. The van der Waals surface area contributed by atoms with Gasteiger partial charge >= 0.3 is 0 Å². The topological polar surface area (TPSA) is 130 Å². The van der Waals surface area contributed by atoms with Gasteiger partial charge in [-0.25, -0.2) is 9.97 Å². The van der Waals surface area contributed by atoms with Gasteiger partial charge in [0.1, 0.15) is 17.2 Å². The zero-order valence-electron chi connectivity index (χ0n) is 18.1. The molecule has 2 aromatic rings. The maximum Gasteiger partial charge on any atom is 0.256 e. The fraction of sp³-hybridized carbons (Fsp3) is 0.545. The molecule has 10 heteroatoms. The number of anilines is 4. The van der Waals surface area contributed by atoms with Crippen molar-refractivity contribution in [1.29, 1.82) is 0 Å². The van der Waals surface area contributed by atoms with Crippen LogP contribution in [-0.2, 0) is 11.2 Å². The number of hydrogen-bond donors (Lipinski definition) is 4. The Hall–Kier alpha value is -2.98. The van der Waals surface area contributed by atoms with Crippen molar-refractivity contribution in [2.45, 2.75) is 44.2 Å². The highest BCUT2D eigenvalue weighted by Gasteiger charge is 2.27. The number of rotatable bonds is 5. The van der Waals surface area contributed by atoms with Crippen LogP contribution in [0.2, 0.25) is 0 Å². The monoisotopic (exact) mass is 438 g/mol. The van der Waals surface area contributed by atoms with Crippen molar-refractivity contribution in [3.05, 3.63) is 29.6 Å². The molecule has 0 aromatic carbocycles. The summed E-state index contributed by atoms with van der Waals surface area (Å²) in [7, 11) is 0. The molecule has 0 bridgehead atoms. The second-order valence-electron chi connectivity index (χ2n) is 8.55. The number of nitrogens with one attached hydrogen (secondary N) is 3. The molecule has 5 rings (SSSR count). The Kier molecular flexibility index (Phi) is 6.04. The minimum Gasteiger partial charge on any atom is -0.378 e. The molecular formula is C22H30N8O2. The lowest BCUT2D eigenvalue weighted by molar-refractivity contribution is 0.0945. The van der Waals surface area contributed by atoms with Crippen LogP contribution in [0.25, 0.3) is 0 Å². The molecule has 5 N–H and O–H groups in total. The largest absolute Gasteiger partial charge is 0.378 e. The van der Waals surface area contributed by atoms with Gasteiger partial charge in [-0.05, 0) is 25.0 Å². The molecule has 1 amide bonds. The van der Waals surface area contributed by atoms with Crippen molar-refractivity contribution in [1.82, 2.24) is 20.3 Å². The Morgan fingerprint density at radius 3 is 2.78 bits per heavy atom. The van der Waals surface area contributed by atoms with Crippen molar-refractivity contribution in [3.8, 4) is 0 Å². The molecule has 170 valence electrons. The Morgan fingerprint density at radius 2 is 2.00 bits per heavy atom. The third-order valence-corrected chi connectivity index (χ3v) is 6.34. The maximum absolute atomic E-state index is 12.6. The summed E-state index contributed by atoms with van der Waals surface area (Å²) in [6.07, 6.45) is 6.73. The van der Waals surface area contributed by atoms with Crippen LogP contribution >= 0.6 is 0 Å². The van der Waals surface area contributed by atoms with Gasteiger partial charge in [0.25, 0.3) is 5.91 Å². The van der Waals surface area contributed by atoms with Crippen molar-refractivity contribution < 1.29 is 9.53 Å². The summed E-state index contributed by atoms with van der Waals surface area (Å²) in [6, 6.07) is 4.15. The van der Waals surface area contributed by atoms with E-state index in [0.717, 1.165) is 56.0 Å². The van der Waals surface area contributed by atoms with Crippen LogP contribution in [-0.4, -0.2) is 65.8 Å². The summed E-state index contributed by atoms with van der Waals surface area (Å²) in [5, 5.41) is 9.60. The van der Waals surface area contributed by atoms with Crippen molar-refractivity contribution in [2.24, 2.45) is 5.73 Å². The van der Waals surface area contributed by atoms with E-state index in [9.17, 15) is 4.79 Å². The van der Waals surface area contributed by atoms with Crippen LogP contribution in [0.3, 0.4) is 0 Å². The van der Waals surface area contributed by atoms with Gasteiger partial charge in [0.05, 0.1) is 30.8 Å². The lowest BCUT2D eigenvalue weighted by Gasteiger charge is -2.30. The van der Waals surface area contributed by atoms with Gasteiger partial charge in [0.2, 0.25) is 5.95 Å². The molecule has 0 unspecified atom stereocenters. The predicted octanol–water partition coefficient (Wildman–Crippen LogP) is 1.42. The smallest absolute Gasteiger partial charge is 0.256 e. The molecule has 1 saturated heterocycles. The van der Waals surface area contributed by atoms with E-state index in [1.165, 1.54) is 0 Å². The summed E-state index contributed by atoms with van der Waals surface area (Å²) in [5.41, 5.74) is 8.31. The third-order valence-electron chi connectivity index (χ3n) is 6.34. The quantitative estimate of drug-likeness (QED) is 0.547. The van der Waals surface area contributed by atoms with E-state index in [1.54, 1.807) is 6.20 Å². The first-order chi connectivity index (χ1) is 15.7. The molecule has 1 aliphatic carbocycles. The number of amides is 1. The van der Waals surface area contributed by atoms with E-state index < -0.39 is 0 Å². The molecule has 4 heterocycles. The number of fused-ring (bicyclic) bond motifs is 1. The van der Waals surface area contributed by atoms with Crippen LogP contribution in [0.5, 0.6) is 0 Å². The van der Waals surface area contributed by atoms with Gasteiger partial charge in [0.15, 0.2) is 0 Å². The van der Waals surface area contributed by atoms with Gasteiger partial charge in [-0.15, -0.1) is 0 Å². The fourth-order valence-corrected chi connectivity index (χ4v) is 4.55. The van der Waals surface area contributed by atoms with Crippen molar-refractivity contribution in [3.63, 3.8) is 0 Å². The molecule has 2 atom stereocenters. The summed E-state index contributed by atoms with van der Waals surface area (Å²) in [4.78, 5) is 28.7. The number of hydrogen-bond acceptors (Lipinski definition) is 9. The summed E-state index contributed by atoms with van der Waals surface area (Å²) in [6.45, 7) is 3.66. The number of nitrogens with zero attached hydrogens (tertiary/aromatic N) is 4. The Morgan fingerprint density at radius 1 is 1.16 bits per heavy atom. The van der Waals surface area contributed by atoms with E-state index in [4.69, 9.17) is 10.5 Å². The van der Waals surface area contributed by atoms with Crippen molar-refractivity contribution in [2.75, 3.05) is 48.4 Å². The van der Waals surface area contributed by atoms with E-state index in [0.29, 0.717) is 43.5 Å². The average molecular weight is 439 g/mol. The maximum atomic E-state index is 12.6. The van der Waals surface area contributed by atoms with E-state index >= 15 is 0 Å². The van der Waals surface area contributed by atoms with E-state index in [1.807, 2.05) is 12.1 Å². The van der Waals surface area contributed by atoms with Crippen LogP contribution in [0, 0.1) is 0 Å². The first-order valence-electron chi connectivity index (χ1n) is 11.4. The molecule has 1 saturated carbocycles. The number of nitrogens with two attached hydrogens (primary N) is 1. The molecule has 3 aliphatic rings. The molecule has 32 heavy (non-hydrogen) atoms. The van der Waals surface area contributed by atoms with E-state index in [2.05, 4.69) is 35.8 Å². The first kappa shape index (κ1) is 20.9. The van der Waals surface area contributed by atoms with Gasteiger partial charge in [-0.1, -0.05) is 12.8 Å². The number of aromatic nitrogens is 3. The molecule has 2 aromatic heterocycles. The number of ether oxygens (including phenoxy) is 1. The lowest BCUT2D eigenvalue weighted by atomic mass is 9.91. The zero-order valence-corrected chi connectivity index (χ0v) is 18.1. The van der Waals surface area contributed by atoms with Gasteiger partial charge in [0, 0.05) is 38.1 Å². The minimum atomic E-state index is -0.160. The number of carbonyl (C=O) groups excluding carboxylic acids is 1. The van der Waals surface area contributed by atoms with Crippen LogP contribution < -0.4 is 26.6 Å². The fourth-order valence-electron chi connectivity index (χ4n) is 4.55. The Labute approximate surface area is 187 Å². The second kappa shape index (κ2) is 9.25. The first-order valence-corrected chi connectivity index (χ1v) is 11.4. The Balaban J connectivity index is 1.39. The van der Waals surface area contributed by atoms with Crippen molar-refractivity contribution >= 4 is 29.2 Å². The van der Waals surface area contributed by atoms with Gasteiger partial charge < -0.3 is 31.3 Å². The summed E-state index contributed by atoms with van der Waals surface area (Å²) in [5.74, 6) is 1.75. The molecule has 0 spiro atoms. The van der Waals surface area contributed by atoms with E-state index in [-0.39, 0.29) is 18.0 Å². The lowest BCUT2D eigenvalue weighted by Crippen LogP contribution is -2.43. The molecule has 2 fully saturated rings. The molecule has 10 nitrogen and oxygen atoms in total. The second-order valence-corrected chi connectivity index (χ2v) is 8.55. The number of pyridine rings is 1. The number of morpholine rings is 1. The summed E-state index contributed by atoms with van der Waals surface area (Å²) >= 11 is 0. The molecular weight excluding hydrogens is 408 g/mol. The van der Waals surface area contributed by atoms with Crippen LogP contribution in [0.15, 0.2) is 18.3 Å². The standard InChI is InChI=1S/C22H30N8O2/c23-15-3-1-2-4-16(15)27-22-28-17-7-8-24-21(31)19(17)20(29-22)26-14-5-6-18(25-13-14)30-9-11-32-12-10-30/h5-6,13,15-16H,1-4,7-12,23H2,(H,24,31)(H2,26,27,28,29)/t15-,16+/m0/s1.